The van der Waals surface area contributed by atoms with Gasteiger partial charge in [0.2, 0.25) is 5.13 Å². The molecule has 136 valence electrons. The number of hydrogen-bond acceptors (Lipinski definition) is 7. The summed E-state index contributed by atoms with van der Waals surface area (Å²) in [7, 11) is 1.64. The standard InChI is InChI=1S/C18H18FN3O2S2/c1-23-15-6-8-16(9-7-15)24-10-11-25-18-22-21-17(26-18)20-12-13-2-4-14(19)5-3-13/h2-9H,10-12H2,1H3,(H,20,21). The highest BCUT2D eigenvalue weighted by molar-refractivity contribution is 8.01. The predicted octanol–water partition coefficient (Wildman–Crippen LogP) is 4.47. The first kappa shape index (κ1) is 18.5. The largest absolute Gasteiger partial charge is 0.497 e. The van der Waals surface area contributed by atoms with E-state index in [0.29, 0.717) is 13.2 Å². The molecule has 3 aromatic rings. The Morgan fingerprint density at radius 2 is 1.77 bits per heavy atom. The molecule has 0 radical (unpaired) electrons. The summed E-state index contributed by atoms with van der Waals surface area (Å²) in [6.07, 6.45) is 0. The van der Waals surface area contributed by atoms with Gasteiger partial charge in [-0.1, -0.05) is 35.2 Å². The molecular weight excluding hydrogens is 373 g/mol. The predicted molar refractivity (Wildman–Crippen MR) is 103 cm³/mol. The molecule has 0 aliphatic rings. The van der Waals surface area contributed by atoms with E-state index in [1.165, 1.54) is 23.5 Å². The number of thioether (sulfide) groups is 1. The number of halogens is 1. The molecule has 2 aromatic carbocycles. The Morgan fingerprint density at radius 3 is 2.50 bits per heavy atom. The van der Waals surface area contributed by atoms with Gasteiger partial charge in [0.25, 0.3) is 0 Å². The molecule has 0 saturated heterocycles. The van der Waals surface area contributed by atoms with Crippen LogP contribution >= 0.6 is 23.1 Å². The molecule has 5 nitrogen and oxygen atoms in total. The van der Waals surface area contributed by atoms with Crippen LogP contribution in [0.15, 0.2) is 52.9 Å². The fraction of sp³-hybridized carbons (Fsp3) is 0.222. The summed E-state index contributed by atoms with van der Waals surface area (Å²) in [6.45, 7) is 1.16. The maximum atomic E-state index is 12.9. The van der Waals surface area contributed by atoms with Crippen LogP contribution in [0.2, 0.25) is 0 Å². The molecular formula is C18H18FN3O2S2. The fourth-order valence-electron chi connectivity index (χ4n) is 2.08. The van der Waals surface area contributed by atoms with Crippen LogP contribution in [-0.4, -0.2) is 29.7 Å². The van der Waals surface area contributed by atoms with Gasteiger partial charge in [-0.3, -0.25) is 0 Å². The van der Waals surface area contributed by atoms with Crippen molar-refractivity contribution in [2.75, 3.05) is 24.8 Å². The number of benzene rings is 2. The molecule has 1 heterocycles. The van der Waals surface area contributed by atoms with Crippen molar-refractivity contribution in [2.45, 2.75) is 10.9 Å². The van der Waals surface area contributed by atoms with E-state index < -0.39 is 0 Å². The van der Waals surface area contributed by atoms with Crippen LogP contribution in [0.4, 0.5) is 9.52 Å². The van der Waals surface area contributed by atoms with Gasteiger partial charge in [0.15, 0.2) is 4.34 Å². The molecule has 0 saturated carbocycles. The Labute approximate surface area is 159 Å². The number of rotatable bonds is 9. The van der Waals surface area contributed by atoms with Crippen LogP contribution < -0.4 is 14.8 Å². The zero-order valence-corrected chi connectivity index (χ0v) is 15.8. The number of anilines is 1. The highest BCUT2D eigenvalue weighted by atomic mass is 32.2. The molecule has 26 heavy (non-hydrogen) atoms. The Kier molecular flexibility index (Phi) is 6.68. The molecule has 8 heteroatoms. The van der Waals surface area contributed by atoms with Crippen molar-refractivity contribution >= 4 is 28.2 Å². The van der Waals surface area contributed by atoms with E-state index in [-0.39, 0.29) is 5.82 Å². The molecule has 0 bridgehead atoms. The minimum absolute atomic E-state index is 0.236. The van der Waals surface area contributed by atoms with E-state index in [2.05, 4.69) is 15.5 Å². The third-order valence-corrected chi connectivity index (χ3v) is 5.38. The van der Waals surface area contributed by atoms with E-state index in [1.807, 2.05) is 24.3 Å². The molecule has 0 aliphatic carbocycles. The molecule has 0 fully saturated rings. The smallest absolute Gasteiger partial charge is 0.206 e. The molecule has 1 N–H and O–H groups in total. The summed E-state index contributed by atoms with van der Waals surface area (Å²) in [4.78, 5) is 0. The maximum Gasteiger partial charge on any atom is 0.206 e. The van der Waals surface area contributed by atoms with E-state index in [9.17, 15) is 4.39 Å². The topological polar surface area (TPSA) is 56.3 Å². The Morgan fingerprint density at radius 1 is 1.04 bits per heavy atom. The van der Waals surface area contributed by atoms with Crippen molar-refractivity contribution in [3.63, 3.8) is 0 Å². The van der Waals surface area contributed by atoms with Gasteiger partial charge in [0.1, 0.15) is 17.3 Å². The van der Waals surface area contributed by atoms with E-state index >= 15 is 0 Å². The summed E-state index contributed by atoms with van der Waals surface area (Å²) < 4.78 is 24.6. The Hall–Kier alpha value is -2.32. The zero-order valence-electron chi connectivity index (χ0n) is 14.1. The van der Waals surface area contributed by atoms with Gasteiger partial charge in [-0.05, 0) is 42.0 Å². The van der Waals surface area contributed by atoms with Gasteiger partial charge in [-0.2, -0.15) is 0 Å². The van der Waals surface area contributed by atoms with Crippen molar-refractivity contribution in [1.82, 2.24) is 10.2 Å². The SMILES string of the molecule is COc1ccc(OCCSc2nnc(NCc3ccc(F)cc3)s2)cc1. The minimum atomic E-state index is -0.236. The van der Waals surface area contributed by atoms with Gasteiger partial charge >= 0.3 is 0 Å². The molecule has 1 aromatic heterocycles. The van der Waals surface area contributed by atoms with Crippen LogP contribution in [0.5, 0.6) is 11.5 Å². The van der Waals surface area contributed by atoms with E-state index in [0.717, 1.165) is 32.3 Å². The summed E-state index contributed by atoms with van der Waals surface area (Å²) in [5, 5.41) is 12.2. The number of nitrogens with one attached hydrogen (secondary N) is 1. The van der Waals surface area contributed by atoms with Crippen LogP contribution in [0, 0.1) is 5.82 Å². The number of methoxy groups -OCH3 is 1. The molecule has 0 amide bonds. The first-order valence-electron chi connectivity index (χ1n) is 7.94. The second-order valence-electron chi connectivity index (χ2n) is 5.23. The Bertz CT molecular complexity index is 810. The van der Waals surface area contributed by atoms with Crippen molar-refractivity contribution in [3.05, 3.63) is 59.9 Å². The summed E-state index contributed by atoms with van der Waals surface area (Å²) >= 11 is 3.09. The normalized spacial score (nSPS) is 10.5. The van der Waals surface area contributed by atoms with Gasteiger partial charge in [0, 0.05) is 12.3 Å². The monoisotopic (exact) mass is 391 g/mol. The second-order valence-corrected chi connectivity index (χ2v) is 7.55. The lowest BCUT2D eigenvalue weighted by atomic mass is 10.2. The van der Waals surface area contributed by atoms with Crippen LogP contribution in [0.1, 0.15) is 5.56 Å². The van der Waals surface area contributed by atoms with Crippen molar-refractivity contribution in [2.24, 2.45) is 0 Å². The number of hydrogen-bond donors (Lipinski definition) is 1. The van der Waals surface area contributed by atoms with Crippen LogP contribution in [-0.2, 0) is 6.54 Å². The minimum Gasteiger partial charge on any atom is -0.497 e. The van der Waals surface area contributed by atoms with E-state index in [1.54, 1.807) is 31.0 Å². The summed E-state index contributed by atoms with van der Waals surface area (Å²) in [5.74, 6) is 2.16. The van der Waals surface area contributed by atoms with Gasteiger partial charge in [0.05, 0.1) is 13.7 Å². The van der Waals surface area contributed by atoms with Crippen molar-refractivity contribution in [3.8, 4) is 11.5 Å². The second kappa shape index (κ2) is 9.40. The molecule has 0 aliphatic heterocycles. The van der Waals surface area contributed by atoms with Crippen LogP contribution in [0.25, 0.3) is 0 Å². The molecule has 0 atom stereocenters. The van der Waals surface area contributed by atoms with Crippen molar-refractivity contribution in [1.29, 1.82) is 0 Å². The molecule has 0 spiro atoms. The quantitative estimate of drug-likeness (QED) is 0.429. The molecule has 3 rings (SSSR count). The Balaban J connectivity index is 1.38. The van der Waals surface area contributed by atoms with Crippen molar-refractivity contribution < 1.29 is 13.9 Å². The van der Waals surface area contributed by atoms with Crippen LogP contribution in [0.3, 0.4) is 0 Å². The number of nitrogens with zero attached hydrogens (tertiary/aromatic N) is 2. The van der Waals surface area contributed by atoms with E-state index in [4.69, 9.17) is 9.47 Å². The lowest BCUT2D eigenvalue weighted by Gasteiger charge is -2.05. The highest BCUT2D eigenvalue weighted by Crippen LogP contribution is 2.26. The third kappa shape index (κ3) is 5.60. The number of aromatic nitrogens is 2. The third-order valence-electron chi connectivity index (χ3n) is 3.40. The van der Waals surface area contributed by atoms with Gasteiger partial charge in [-0.15, -0.1) is 10.2 Å². The maximum absolute atomic E-state index is 12.9. The molecule has 0 unspecified atom stereocenters. The average molecular weight is 391 g/mol. The van der Waals surface area contributed by atoms with Gasteiger partial charge < -0.3 is 14.8 Å². The average Bonchev–Trinajstić information content (AvgIpc) is 3.13. The number of ether oxygens (including phenoxy) is 2. The fourth-order valence-corrected chi connectivity index (χ4v) is 3.72. The first-order chi connectivity index (χ1) is 12.7. The summed E-state index contributed by atoms with van der Waals surface area (Å²) in [5.41, 5.74) is 0.990. The highest BCUT2D eigenvalue weighted by Gasteiger charge is 2.05. The lowest BCUT2D eigenvalue weighted by Crippen LogP contribution is -1.99. The van der Waals surface area contributed by atoms with Gasteiger partial charge in [-0.25, -0.2) is 4.39 Å². The lowest BCUT2D eigenvalue weighted by molar-refractivity contribution is 0.342. The first-order valence-corrected chi connectivity index (χ1v) is 9.74. The zero-order chi connectivity index (χ0) is 18.2. The summed E-state index contributed by atoms with van der Waals surface area (Å²) in [6, 6.07) is 13.9.